The molecule has 1 amide bonds. The number of rotatable bonds is 4. The van der Waals surface area contributed by atoms with Crippen molar-refractivity contribution >= 4 is 23.5 Å². The van der Waals surface area contributed by atoms with E-state index in [0.717, 1.165) is 0 Å². The first-order valence-electron chi connectivity index (χ1n) is 5.24. The molecule has 0 saturated carbocycles. The normalized spacial score (nSPS) is 12.0. The molecule has 0 aliphatic heterocycles. The molecular weight excluding hydrogens is 261 g/mol. The van der Waals surface area contributed by atoms with Crippen molar-refractivity contribution in [3.05, 3.63) is 34.6 Å². The summed E-state index contributed by atoms with van der Waals surface area (Å²) >= 11 is 5.54. The molecule has 0 spiro atoms. The first-order chi connectivity index (χ1) is 8.32. The lowest BCUT2D eigenvalue weighted by Crippen LogP contribution is -2.34. The molecule has 98 valence electrons. The largest absolute Gasteiger partial charge is 0.481 e. The van der Waals surface area contributed by atoms with E-state index in [1.807, 2.05) is 0 Å². The Labute approximate surface area is 109 Å². The zero-order valence-corrected chi connectivity index (χ0v) is 10.7. The number of hydrogen-bond acceptors (Lipinski definition) is 2. The lowest BCUT2D eigenvalue weighted by molar-refractivity contribution is -0.149. The summed E-state index contributed by atoms with van der Waals surface area (Å²) in [5.41, 5.74) is 0.547. The molecule has 0 aliphatic rings. The number of benzene rings is 1. The van der Waals surface area contributed by atoms with Gasteiger partial charge in [-0.05, 0) is 24.6 Å². The second-order valence-electron chi connectivity index (χ2n) is 4.00. The van der Waals surface area contributed by atoms with E-state index < -0.39 is 23.6 Å². The highest BCUT2D eigenvalue weighted by molar-refractivity contribution is 6.30. The number of hydrogen-bond donors (Lipinski definition) is 1. The van der Waals surface area contributed by atoms with Gasteiger partial charge in [-0.2, -0.15) is 0 Å². The Balaban J connectivity index is 2.75. The van der Waals surface area contributed by atoms with E-state index in [-0.39, 0.29) is 11.6 Å². The molecule has 0 radical (unpaired) electrons. The number of amides is 1. The van der Waals surface area contributed by atoms with Crippen LogP contribution in [0.2, 0.25) is 5.02 Å². The quantitative estimate of drug-likeness (QED) is 0.855. The summed E-state index contributed by atoms with van der Waals surface area (Å²) in [5.74, 6) is -3.40. The van der Waals surface area contributed by atoms with Crippen LogP contribution >= 0.6 is 11.6 Å². The summed E-state index contributed by atoms with van der Waals surface area (Å²) in [6.45, 7) is 1.44. The Morgan fingerprint density at radius 2 is 2.11 bits per heavy atom. The van der Waals surface area contributed by atoms with Crippen LogP contribution in [0.5, 0.6) is 0 Å². The maximum Gasteiger partial charge on any atom is 0.315 e. The minimum absolute atomic E-state index is 0.00614. The molecule has 4 nitrogen and oxygen atoms in total. The highest BCUT2D eigenvalue weighted by Crippen LogP contribution is 2.17. The van der Waals surface area contributed by atoms with Crippen molar-refractivity contribution in [2.75, 3.05) is 7.05 Å². The molecule has 0 heterocycles. The van der Waals surface area contributed by atoms with Gasteiger partial charge in [0.1, 0.15) is 11.7 Å². The van der Waals surface area contributed by atoms with Gasteiger partial charge in [-0.25, -0.2) is 4.39 Å². The molecular formula is C12H13ClFNO3. The lowest BCUT2D eigenvalue weighted by Gasteiger charge is -2.19. The van der Waals surface area contributed by atoms with Crippen molar-refractivity contribution in [2.24, 2.45) is 5.92 Å². The Kier molecular flexibility index (Phi) is 4.67. The standard InChI is InChI=1S/C12H13ClFNO3/c1-7(12(17)18)11(16)15(2)6-8-3-4-9(13)10(14)5-8/h3-5,7H,6H2,1-2H3,(H,17,18). The molecule has 1 N–H and O–H groups in total. The minimum atomic E-state index is -1.19. The topological polar surface area (TPSA) is 57.6 Å². The third-order valence-electron chi connectivity index (χ3n) is 2.52. The van der Waals surface area contributed by atoms with Gasteiger partial charge in [0.05, 0.1) is 5.02 Å². The first-order valence-corrected chi connectivity index (χ1v) is 5.62. The van der Waals surface area contributed by atoms with Crippen molar-refractivity contribution in [3.8, 4) is 0 Å². The van der Waals surface area contributed by atoms with E-state index in [1.54, 1.807) is 6.07 Å². The predicted molar refractivity (Wildman–Crippen MR) is 64.7 cm³/mol. The fourth-order valence-electron chi connectivity index (χ4n) is 1.43. The van der Waals surface area contributed by atoms with Gasteiger partial charge in [0.2, 0.25) is 5.91 Å². The van der Waals surface area contributed by atoms with Gasteiger partial charge in [-0.1, -0.05) is 17.7 Å². The lowest BCUT2D eigenvalue weighted by atomic mass is 10.1. The summed E-state index contributed by atoms with van der Waals surface area (Å²) in [6, 6.07) is 4.20. The number of carboxylic acids is 1. The smallest absolute Gasteiger partial charge is 0.315 e. The number of halogens is 2. The Hall–Kier alpha value is -1.62. The van der Waals surface area contributed by atoms with Crippen LogP contribution in [0.25, 0.3) is 0 Å². The van der Waals surface area contributed by atoms with Crippen LogP contribution in [0, 0.1) is 11.7 Å². The summed E-state index contributed by atoms with van der Waals surface area (Å²) < 4.78 is 13.2. The highest BCUT2D eigenvalue weighted by atomic mass is 35.5. The van der Waals surface area contributed by atoms with Crippen molar-refractivity contribution in [2.45, 2.75) is 13.5 Å². The molecule has 0 bridgehead atoms. The average Bonchev–Trinajstić information content (AvgIpc) is 2.31. The van der Waals surface area contributed by atoms with Gasteiger partial charge in [0.25, 0.3) is 0 Å². The predicted octanol–water partition coefficient (Wildman–Crippen LogP) is 2.16. The second kappa shape index (κ2) is 5.82. The van der Waals surface area contributed by atoms with E-state index in [0.29, 0.717) is 5.56 Å². The molecule has 1 unspecified atom stereocenters. The molecule has 1 rings (SSSR count). The fraction of sp³-hybridized carbons (Fsp3) is 0.333. The first kappa shape index (κ1) is 14.4. The van der Waals surface area contributed by atoms with E-state index in [9.17, 15) is 14.0 Å². The molecule has 1 atom stereocenters. The van der Waals surface area contributed by atoms with Gasteiger partial charge < -0.3 is 10.0 Å². The third kappa shape index (κ3) is 3.43. The van der Waals surface area contributed by atoms with Crippen LogP contribution in [-0.2, 0) is 16.1 Å². The van der Waals surface area contributed by atoms with E-state index in [4.69, 9.17) is 16.7 Å². The van der Waals surface area contributed by atoms with Crippen LogP contribution < -0.4 is 0 Å². The van der Waals surface area contributed by atoms with Crippen molar-refractivity contribution in [1.82, 2.24) is 4.90 Å². The van der Waals surface area contributed by atoms with Crippen LogP contribution in [0.1, 0.15) is 12.5 Å². The van der Waals surface area contributed by atoms with Gasteiger partial charge in [-0.3, -0.25) is 9.59 Å². The molecule has 1 aromatic rings. The van der Waals surface area contributed by atoms with E-state index in [2.05, 4.69) is 0 Å². The van der Waals surface area contributed by atoms with Gasteiger partial charge in [0, 0.05) is 13.6 Å². The van der Waals surface area contributed by atoms with Gasteiger partial charge >= 0.3 is 5.97 Å². The molecule has 0 aromatic heterocycles. The van der Waals surface area contributed by atoms with Crippen molar-refractivity contribution in [3.63, 3.8) is 0 Å². The van der Waals surface area contributed by atoms with Crippen molar-refractivity contribution in [1.29, 1.82) is 0 Å². The fourth-order valence-corrected chi connectivity index (χ4v) is 1.54. The zero-order valence-electron chi connectivity index (χ0n) is 9.98. The number of nitrogens with zero attached hydrogens (tertiary/aromatic N) is 1. The summed E-state index contributed by atoms with van der Waals surface area (Å²) in [6.07, 6.45) is 0. The van der Waals surface area contributed by atoms with Crippen LogP contribution in [-0.4, -0.2) is 28.9 Å². The molecule has 6 heteroatoms. The molecule has 0 fully saturated rings. The van der Waals surface area contributed by atoms with Crippen molar-refractivity contribution < 1.29 is 19.1 Å². The maximum atomic E-state index is 13.2. The second-order valence-corrected chi connectivity index (χ2v) is 4.41. The molecule has 0 saturated heterocycles. The Bertz CT molecular complexity index is 478. The summed E-state index contributed by atoms with van der Waals surface area (Å²) in [7, 11) is 1.47. The highest BCUT2D eigenvalue weighted by Gasteiger charge is 2.23. The molecule has 18 heavy (non-hydrogen) atoms. The molecule has 1 aromatic carbocycles. The Morgan fingerprint density at radius 3 is 2.61 bits per heavy atom. The van der Waals surface area contributed by atoms with Crippen LogP contribution in [0.3, 0.4) is 0 Å². The monoisotopic (exact) mass is 273 g/mol. The average molecular weight is 274 g/mol. The van der Waals surface area contributed by atoms with Gasteiger partial charge in [-0.15, -0.1) is 0 Å². The number of carbonyl (C=O) groups is 2. The third-order valence-corrected chi connectivity index (χ3v) is 2.83. The maximum absolute atomic E-state index is 13.2. The van der Waals surface area contributed by atoms with Crippen LogP contribution in [0.4, 0.5) is 4.39 Å². The Morgan fingerprint density at radius 1 is 1.50 bits per heavy atom. The summed E-state index contributed by atoms with van der Waals surface area (Å²) in [5, 5.41) is 8.73. The number of aliphatic carboxylic acids is 1. The van der Waals surface area contributed by atoms with E-state index in [1.165, 1.54) is 31.0 Å². The SMILES string of the molecule is CC(C(=O)O)C(=O)N(C)Cc1ccc(Cl)c(F)c1. The van der Waals surface area contributed by atoms with Crippen LogP contribution in [0.15, 0.2) is 18.2 Å². The minimum Gasteiger partial charge on any atom is -0.481 e. The zero-order chi connectivity index (χ0) is 13.9. The molecule has 0 aliphatic carbocycles. The van der Waals surface area contributed by atoms with Gasteiger partial charge in [0.15, 0.2) is 0 Å². The summed E-state index contributed by atoms with van der Waals surface area (Å²) in [4.78, 5) is 23.6. The number of carbonyl (C=O) groups excluding carboxylic acids is 1. The number of carboxylic acid groups (broad SMARTS) is 1. The van der Waals surface area contributed by atoms with E-state index >= 15 is 0 Å².